The molecule has 1 heterocycles. The van der Waals surface area contributed by atoms with Crippen LogP contribution in [0.25, 0.3) is 16.7 Å². The third kappa shape index (κ3) is 2.05. The SMILES string of the molecule is Nc1nc2ccc(Br)cc2n1-c1c(F)cc(F)cc1Cl. The normalized spacial score (nSPS) is 11.2. The largest absolute Gasteiger partial charge is 0.369 e. The van der Waals surface area contributed by atoms with Crippen LogP contribution in [0.3, 0.4) is 0 Å². The maximum Gasteiger partial charge on any atom is 0.206 e. The van der Waals surface area contributed by atoms with Gasteiger partial charge in [-0.15, -0.1) is 0 Å². The number of nitrogens with zero attached hydrogens (tertiary/aromatic N) is 2. The number of hydrogen-bond donors (Lipinski definition) is 1. The molecule has 20 heavy (non-hydrogen) atoms. The minimum atomic E-state index is -0.805. The molecule has 0 spiro atoms. The number of fused-ring (bicyclic) bond motifs is 1. The standard InChI is InChI=1S/C13H7BrClF2N3/c14-6-1-2-10-11(3-6)20(13(18)19-10)12-8(15)4-7(16)5-9(12)17/h1-5H,(H2,18,19). The number of benzene rings is 2. The van der Waals surface area contributed by atoms with Crippen LogP contribution >= 0.6 is 27.5 Å². The van der Waals surface area contributed by atoms with Crippen molar-refractivity contribution in [2.75, 3.05) is 5.73 Å². The number of aromatic nitrogens is 2. The number of halogens is 4. The van der Waals surface area contributed by atoms with E-state index in [-0.39, 0.29) is 16.7 Å². The Kier molecular flexibility index (Phi) is 3.14. The molecule has 0 fully saturated rings. The van der Waals surface area contributed by atoms with Crippen LogP contribution in [0, 0.1) is 11.6 Å². The van der Waals surface area contributed by atoms with Gasteiger partial charge >= 0.3 is 0 Å². The van der Waals surface area contributed by atoms with Crippen molar-refractivity contribution in [2.24, 2.45) is 0 Å². The number of anilines is 1. The van der Waals surface area contributed by atoms with Crippen molar-refractivity contribution >= 4 is 44.5 Å². The molecule has 2 aromatic carbocycles. The van der Waals surface area contributed by atoms with E-state index < -0.39 is 11.6 Å². The van der Waals surface area contributed by atoms with Gasteiger partial charge in [-0.25, -0.2) is 13.8 Å². The first-order valence-corrected chi connectivity index (χ1v) is 6.73. The lowest BCUT2D eigenvalue weighted by Gasteiger charge is -2.10. The van der Waals surface area contributed by atoms with Crippen molar-refractivity contribution in [1.29, 1.82) is 0 Å². The van der Waals surface area contributed by atoms with Crippen LogP contribution in [0.2, 0.25) is 5.02 Å². The van der Waals surface area contributed by atoms with Gasteiger partial charge < -0.3 is 5.73 Å². The average Bonchev–Trinajstić information content (AvgIpc) is 2.65. The lowest BCUT2D eigenvalue weighted by molar-refractivity contribution is 0.579. The topological polar surface area (TPSA) is 43.8 Å². The van der Waals surface area contributed by atoms with Crippen molar-refractivity contribution in [3.05, 3.63) is 51.5 Å². The number of nitrogen functional groups attached to an aromatic ring is 1. The Hall–Kier alpha value is -1.66. The molecule has 0 aliphatic rings. The van der Waals surface area contributed by atoms with Crippen molar-refractivity contribution in [3.63, 3.8) is 0 Å². The molecule has 0 amide bonds. The summed E-state index contributed by atoms with van der Waals surface area (Å²) in [6.45, 7) is 0. The van der Waals surface area contributed by atoms with Gasteiger partial charge in [-0.1, -0.05) is 27.5 Å². The maximum atomic E-state index is 14.0. The monoisotopic (exact) mass is 357 g/mol. The molecule has 1 aromatic heterocycles. The zero-order chi connectivity index (χ0) is 14.4. The van der Waals surface area contributed by atoms with E-state index in [1.165, 1.54) is 4.57 Å². The Labute approximate surface area is 126 Å². The number of rotatable bonds is 1. The highest BCUT2D eigenvalue weighted by Gasteiger charge is 2.18. The fraction of sp³-hybridized carbons (Fsp3) is 0. The van der Waals surface area contributed by atoms with Crippen LogP contribution in [-0.4, -0.2) is 9.55 Å². The molecular formula is C13H7BrClF2N3. The molecule has 0 aliphatic carbocycles. The summed E-state index contributed by atoms with van der Waals surface area (Å²) < 4.78 is 29.3. The summed E-state index contributed by atoms with van der Waals surface area (Å²) in [7, 11) is 0. The predicted molar refractivity (Wildman–Crippen MR) is 78.1 cm³/mol. The molecule has 0 saturated heterocycles. The number of nitrogens with two attached hydrogens (primary N) is 1. The van der Waals surface area contributed by atoms with Gasteiger partial charge in [0.2, 0.25) is 5.95 Å². The first kappa shape index (κ1) is 13.3. The molecule has 0 atom stereocenters. The summed E-state index contributed by atoms with van der Waals surface area (Å²) in [5.41, 5.74) is 6.97. The highest BCUT2D eigenvalue weighted by Crippen LogP contribution is 2.32. The third-order valence-electron chi connectivity index (χ3n) is 2.85. The van der Waals surface area contributed by atoms with E-state index in [0.717, 1.165) is 16.6 Å². The Morgan fingerprint density at radius 1 is 1.20 bits per heavy atom. The van der Waals surface area contributed by atoms with Gasteiger partial charge in [0.15, 0.2) is 5.82 Å². The van der Waals surface area contributed by atoms with Crippen LogP contribution in [0.15, 0.2) is 34.8 Å². The summed E-state index contributed by atoms with van der Waals surface area (Å²) in [5.74, 6) is -1.48. The molecule has 0 unspecified atom stereocenters. The second-order valence-electron chi connectivity index (χ2n) is 4.16. The smallest absolute Gasteiger partial charge is 0.206 e. The van der Waals surface area contributed by atoms with Crippen LogP contribution in [0.5, 0.6) is 0 Å². The third-order valence-corrected chi connectivity index (χ3v) is 3.63. The fourth-order valence-corrected chi connectivity index (χ4v) is 2.68. The van der Waals surface area contributed by atoms with Crippen molar-refractivity contribution < 1.29 is 8.78 Å². The van der Waals surface area contributed by atoms with Crippen LogP contribution < -0.4 is 5.73 Å². The maximum absolute atomic E-state index is 14.0. The zero-order valence-electron chi connectivity index (χ0n) is 9.87. The lowest BCUT2D eigenvalue weighted by Crippen LogP contribution is -2.04. The van der Waals surface area contributed by atoms with Gasteiger partial charge in [0.1, 0.15) is 11.5 Å². The van der Waals surface area contributed by atoms with Gasteiger partial charge in [0.05, 0.1) is 16.1 Å². The summed E-state index contributed by atoms with van der Waals surface area (Å²) in [6, 6.07) is 7.05. The second kappa shape index (κ2) is 4.71. The molecule has 0 bridgehead atoms. The molecule has 7 heteroatoms. The van der Waals surface area contributed by atoms with E-state index in [4.69, 9.17) is 17.3 Å². The molecule has 2 N–H and O–H groups in total. The highest BCUT2D eigenvalue weighted by molar-refractivity contribution is 9.10. The Bertz CT molecular complexity index is 809. The molecule has 0 aliphatic heterocycles. The van der Waals surface area contributed by atoms with Crippen molar-refractivity contribution in [2.45, 2.75) is 0 Å². The van der Waals surface area contributed by atoms with Gasteiger partial charge in [0, 0.05) is 10.5 Å². The Balaban J connectivity index is 2.40. The molecule has 3 aromatic rings. The van der Waals surface area contributed by atoms with E-state index in [9.17, 15) is 8.78 Å². The first-order valence-electron chi connectivity index (χ1n) is 5.56. The van der Waals surface area contributed by atoms with Crippen LogP contribution in [0.4, 0.5) is 14.7 Å². The second-order valence-corrected chi connectivity index (χ2v) is 5.48. The number of imidazole rings is 1. The molecule has 102 valence electrons. The van der Waals surface area contributed by atoms with Gasteiger partial charge in [-0.05, 0) is 24.3 Å². The van der Waals surface area contributed by atoms with Crippen molar-refractivity contribution in [1.82, 2.24) is 9.55 Å². The molecule has 0 radical (unpaired) electrons. The fourth-order valence-electron chi connectivity index (χ4n) is 2.05. The zero-order valence-corrected chi connectivity index (χ0v) is 12.2. The van der Waals surface area contributed by atoms with Gasteiger partial charge in [0.25, 0.3) is 0 Å². The Morgan fingerprint density at radius 2 is 1.95 bits per heavy atom. The summed E-state index contributed by atoms with van der Waals surface area (Å²) >= 11 is 9.27. The van der Waals surface area contributed by atoms with Crippen LogP contribution in [-0.2, 0) is 0 Å². The average molecular weight is 359 g/mol. The van der Waals surface area contributed by atoms with Gasteiger partial charge in [-0.3, -0.25) is 4.57 Å². The van der Waals surface area contributed by atoms with E-state index in [0.29, 0.717) is 11.0 Å². The first-order chi connectivity index (χ1) is 9.47. The van der Waals surface area contributed by atoms with Crippen molar-refractivity contribution in [3.8, 4) is 5.69 Å². The van der Waals surface area contributed by atoms with Crippen LogP contribution in [0.1, 0.15) is 0 Å². The molecule has 0 saturated carbocycles. The molecular weight excluding hydrogens is 352 g/mol. The lowest BCUT2D eigenvalue weighted by atomic mass is 10.2. The Morgan fingerprint density at radius 3 is 2.65 bits per heavy atom. The molecule has 3 nitrogen and oxygen atoms in total. The minimum Gasteiger partial charge on any atom is -0.369 e. The van der Waals surface area contributed by atoms with E-state index in [1.54, 1.807) is 18.2 Å². The number of hydrogen-bond acceptors (Lipinski definition) is 2. The predicted octanol–water partition coefficient (Wildman–Crippen LogP) is 4.30. The van der Waals surface area contributed by atoms with E-state index >= 15 is 0 Å². The quantitative estimate of drug-likeness (QED) is 0.705. The van der Waals surface area contributed by atoms with E-state index in [1.807, 2.05) is 0 Å². The summed E-state index contributed by atoms with van der Waals surface area (Å²) in [4.78, 5) is 4.14. The van der Waals surface area contributed by atoms with E-state index in [2.05, 4.69) is 20.9 Å². The highest BCUT2D eigenvalue weighted by atomic mass is 79.9. The summed E-state index contributed by atoms with van der Waals surface area (Å²) in [5, 5.41) is -0.0755. The summed E-state index contributed by atoms with van der Waals surface area (Å²) in [6.07, 6.45) is 0. The van der Waals surface area contributed by atoms with Gasteiger partial charge in [-0.2, -0.15) is 0 Å². The molecule has 3 rings (SSSR count). The minimum absolute atomic E-state index is 0.0221.